The van der Waals surface area contributed by atoms with Crippen molar-refractivity contribution in [3.63, 3.8) is 0 Å². The molecule has 0 radical (unpaired) electrons. The predicted molar refractivity (Wildman–Crippen MR) is 112 cm³/mol. The van der Waals surface area contributed by atoms with Crippen molar-refractivity contribution in [3.05, 3.63) is 46.2 Å². The fraction of sp³-hybridized carbons (Fsp3) is 0.455. The minimum absolute atomic E-state index is 0.0708. The molecule has 0 aromatic heterocycles. The second-order valence-electron chi connectivity index (χ2n) is 7.27. The van der Waals surface area contributed by atoms with E-state index >= 15 is 0 Å². The van der Waals surface area contributed by atoms with Crippen LogP contribution in [0.5, 0.6) is 0 Å². The minimum Gasteiger partial charge on any atom is -0.465 e. The molecule has 0 saturated heterocycles. The van der Waals surface area contributed by atoms with Crippen LogP contribution in [0.3, 0.4) is 0 Å². The third-order valence-electron chi connectivity index (χ3n) is 4.62. The van der Waals surface area contributed by atoms with E-state index in [1.54, 1.807) is 13.8 Å². The van der Waals surface area contributed by atoms with Crippen molar-refractivity contribution in [1.82, 2.24) is 0 Å². The molecule has 0 bridgehead atoms. The molecule has 5 nitrogen and oxygen atoms in total. The van der Waals surface area contributed by atoms with Crippen molar-refractivity contribution in [1.29, 1.82) is 5.26 Å². The maximum atomic E-state index is 13.1. The van der Waals surface area contributed by atoms with Gasteiger partial charge in [-0.15, -0.1) is 0 Å². The first-order valence-electron chi connectivity index (χ1n) is 9.56. The standard InChI is InChI=1S/C22H25FN2O3S/c1-5-28-22(27)20-14(4)25-21(18(11-24)17(20)10-13(2)3)29-12-19(26)15-6-8-16(23)9-7-15/h6-9,13,17,20H,5,10,12H2,1-4H3/t17-,20?/m0/s1. The average molecular weight is 417 g/mol. The lowest BCUT2D eigenvalue weighted by Gasteiger charge is -2.30. The maximum absolute atomic E-state index is 13.1. The van der Waals surface area contributed by atoms with Gasteiger partial charge in [0.25, 0.3) is 0 Å². The fourth-order valence-corrected chi connectivity index (χ4v) is 4.32. The Hall–Kier alpha value is -2.46. The second-order valence-corrected chi connectivity index (χ2v) is 8.23. The molecule has 7 heteroatoms. The molecular formula is C22H25FN2O3S. The second kappa shape index (κ2) is 10.4. The van der Waals surface area contributed by atoms with Gasteiger partial charge in [-0.05, 0) is 50.5 Å². The molecule has 0 N–H and O–H groups in total. The van der Waals surface area contributed by atoms with Gasteiger partial charge in [-0.25, -0.2) is 9.38 Å². The van der Waals surface area contributed by atoms with E-state index in [9.17, 15) is 19.2 Å². The first kappa shape index (κ1) is 22.8. The maximum Gasteiger partial charge on any atom is 0.315 e. The Morgan fingerprint density at radius 1 is 1.31 bits per heavy atom. The number of ketones is 1. The van der Waals surface area contributed by atoms with Gasteiger partial charge in [0.05, 0.1) is 24.0 Å². The number of halogens is 1. The first-order chi connectivity index (χ1) is 13.8. The lowest BCUT2D eigenvalue weighted by atomic mass is 9.77. The molecule has 1 aliphatic rings. The Balaban J connectivity index is 2.28. The number of hydrogen-bond acceptors (Lipinski definition) is 6. The lowest BCUT2D eigenvalue weighted by Crippen LogP contribution is -2.36. The molecule has 154 valence electrons. The van der Waals surface area contributed by atoms with E-state index in [-0.39, 0.29) is 35.9 Å². The molecule has 0 spiro atoms. The quantitative estimate of drug-likeness (QED) is 0.449. The lowest BCUT2D eigenvalue weighted by molar-refractivity contribution is -0.146. The normalized spacial score (nSPS) is 19.0. The molecule has 29 heavy (non-hydrogen) atoms. The molecule has 1 aromatic carbocycles. The van der Waals surface area contributed by atoms with E-state index in [2.05, 4.69) is 11.1 Å². The van der Waals surface area contributed by atoms with E-state index in [1.807, 2.05) is 13.8 Å². The van der Waals surface area contributed by atoms with Crippen molar-refractivity contribution in [2.45, 2.75) is 34.1 Å². The molecule has 0 fully saturated rings. The zero-order valence-electron chi connectivity index (χ0n) is 17.1. The number of hydrogen-bond donors (Lipinski definition) is 0. The number of carbonyl (C=O) groups is 2. The van der Waals surface area contributed by atoms with Crippen LogP contribution in [0.4, 0.5) is 4.39 Å². The fourth-order valence-electron chi connectivity index (χ4n) is 3.33. The topological polar surface area (TPSA) is 79.5 Å². The average Bonchev–Trinajstić information content (AvgIpc) is 2.66. The van der Waals surface area contributed by atoms with Gasteiger partial charge in [0, 0.05) is 17.2 Å². The number of rotatable bonds is 8. The summed E-state index contributed by atoms with van der Waals surface area (Å²) < 4.78 is 18.3. The number of thioether (sulfide) groups is 1. The molecule has 0 amide bonds. The summed E-state index contributed by atoms with van der Waals surface area (Å²) in [6.07, 6.45) is 0.634. The van der Waals surface area contributed by atoms with Crippen molar-refractivity contribution in [3.8, 4) is 6.07 Å². The van der Waals surface area contributed by atoms with Crippen molar-refractivity contribution < 1.29 is 18.7 Å². The number of carbonyl (C=O) groups excluding carboxylic acids is 2. The number of allylic oxidation sites excluding steroid dienone is 1. The first-order valence-corrected chi connectivity index (χ1v) is 10.5. The number of aliphatic imine (C=N–C) groups is 1. The summed E-state index contributed by atoms with van der Waals surface area (Å²) in [5, 5.41) is 10.3. The van der Waals surface area contributed by atoms with Crippen molar-refractivity contribution >= 4 is 29.2 Å². The number of benzene rings is 1. The number of Topliss-reactive ketones (excluding diaryl/α,β-unsaturated/α-hetero) is 1. The monoisotopic (exact) mass is 416 g/mol. The van der Waals surface area contributed by atoms with Crippen LogP contribution in [0, 0.1) is 34.9 Å². The van der Waals surface area contributed by atoms with E-state index in [0.717, 1.165) is 0 Å². The molecular weight excluding hydrogens is 391 g/mol. The smallest absolute Gasteiger partial charge is 0.315 e. The van der Waals surface area contributed by atoms with Crippen LogP contribution < -0.4 is 0 Å². The van der Waals surface area contributed by atoms with Crippen LogP contribution in [0.15, 0.2) is 39.9 Å². The molecule has 1 aromatic rings. The number of ether oxygens (including phenoxy) is 1. The van der Waals surface area contributed by atoms with Gasteiger partial charge < -0.3 is 4.74 Å². The van der Waals surface area contributed by atoms with Crippen LogP contribution in [0.1, 0.15) is 44.5 Å². The van der Waals surface area contributed by atoms with Crippen LogP contribution in [-0.4, -0.2) is 29.8 Å². The Labute approximate surface area is 175 Å². The highest BCUT2D eigenvalue weighted by Gasteiger charge is 2.39. The van der Waals surface area contributed by atoms with Gasteiger partial charge in [0.15, 0.2) is 5.78 Å². The van der Waals surface area contributed by atoms with E-state index < -0.39 is 11.7 Å². The van der Waals surface area contributed by atoms with Gasteiger partial charge in [0.1, 0.15) is 16.8 Å². The third kappa shape index (κ3) is 5.77. The highest BCUT2D eigenvalue weighted by molar-refractivity contribution is 8.03. The predicted octanol–water partition coefficient (Wildman–Crippen LogP) is 4.79. The van der Waals surface area contributed by atoms with Crippen LogP contribution >= 0.6 is 11.8 Å². The van der Waals surface area contributed by atoms with E-state index in [4.69, 9.17) is 4.74 Å². The number of esters is 1. The summed E-state index contributed by atoms with van der Waals surface area (Å²) in [7, 11) is 0. The third-order valence-corrected chi connectivity index (χ3v) is 5.62. The molecule has 1 aliphatic heterocycles. The summed E-state index contributed by atoms with van der Waals surface area (Å²) in [4.78, 5) is 29.4. The highest BCUT2D eigenvalue weighted by atomic mass is 32.2. The molecule has 0 aliphatic carbocycles. The van der Waals surface area contributed by atoms with Crippen molar-refractivity contribution in [2.75, 3.05) is 12.4 Å². The summed E-state index contributed by atoms with van der Waals surface area (Å²) in [5.74, 6) is -1.55. The number of nitriles is 1. The summed E-state index contributed by atoms with van der Waals surface area (Å²) >= 11 is 1.17. The van der Waals surface area contributed by atoms with Gasteiger partial charge in [-0.3, -0.25) is 9.59 Å². The molecule has 1 unspecified atom stereocenters. The zero-order valence-corrected chi connectivity index (χ0v) is 17.9. The van der Waals surface area contributed by atoms with Crippen LogP contribution in [0.2, 0.25) is 0 Å². The molecule has 1 heterocycles. The molecule has 2 atom stereocenters. The summed E-state index contributed by atoms with van der Waals surface area (Å²) in [6, 6.07) is 7.56. The van der Waals surface area contributed by atoms with Gasteiger partial charge in [0.2, 0.25) is 0 Å². The Morgan fingerprint density at radius 2 is 1.97 bits per heavy atom. The number of nitrogens with zero attached hydrogens (tertiary/aromatic N) is 2. The van der Waals surface area contributed by atoms with Crippen molar-refractivity contribution in [2.24, 2.45) is 22.7 Å². The largest absolute Gasteiger partial charge is 0.465 e. The Bertz CT molecular complexity index is 869. The minimum atomic E-state index is -0.593. The van der Waals surface area contributed by atoms with E-state index in [1.165, 1.54) is 36.0 Å². The zero-order chi connectivity index (χ0) is 21.6. The SMILES string of the molecule is CCOC(=O)C1C(C)=NC(SCC(=O)c2ccc(F)cc2)=C(C#N)[C@@H]1CC(C)C. The molecule has 2 rings (SSSR count). The summed E-state index contributed by atoms with van der Waals surface area (Å²) in [5.41, 5.74) is 1.40. The van der Waals surface area contributed by atoms with Gasteiger partial charge in [-0.2, -0.15) is 5.26 Å². The van der Waals surface area contributed by atoms with Crippen LogP contribution in [0.25, 0.3) is 0 Å². The highest BCUT2D eigenvalue weighted by Crippen LogP contribution is 2.39. The van der Waals surface area contributed by atoms with Crippen LogP contribution in [-0.2, 0) is 9.53 Å². The Kier molecular flexibility index (Phi) is 8.15. The van der Waals surface area contributed by atoms with Gasteiger partial charge >= 0.3 is 5.97 Å². The van der Waals surface area contributed by atoms with E-state index in [0.29, 0.717) is 28.3 Å². The van der Waals surface area contributed by atoms with Gasteiger partial charge in [-0.1, -0.05) is 25.6 Å². The molecule has 0 saturated carbocycles. The Morgan fingerprint density at radius 3 is 2.52 bits per heavy atom. The summed E-state index contributed by atoms with van der Waals surface area (Å²) in [6.45, 7) is 7.82.